The average molecular weight is 370 g/mol. The van der Waals surface area contributed by atoms with Crippen LogP contribution in [-0.2, 0) is 4.79 Å². The van der Waals surface area contributed by atoms with Gasteiger partial charge in [-0.15, -0.1) is 0 Å². The lowest BCUT2D eigenvalue weighted by atomic mass is 10.3. The van der Waals surface area contributed by atoms with Crippen molar-refractivity contribution in [3.05, 3.63) is 54.0 Å². The van der Waals surface area contributed by atoms with Crippen molar-refractivity contribution in [1.82, 2.24) is 4.90 Å². The molecule has 2 atom stereocenters. The number of hydrogen-bond donors (Lipinski definition) is 1. The molecule has 6 heteroatoms. The van der Waals surface area contributed by atoms with Crippen LogP contribution in [0.25, 0.3) is 6.08 Å². The molecule has 0 spiro atoms. The Balaban J connectivity index is 1.63. The largest absolute Gasteiger partial charge is 0.461 e. The Morgan fingerprint density at radius 2 is 1.96 bits per heavy atom. The van der Waals surface area contributed by atoms with Crippen LogP contribution >= 0.6 is 11.8 Å². The number of nitrogens with one attached hydrogen (secondary N) is 1. The molecule has 5 nitrogen and oxygen atoms in total. The van der Waals surface area contributed by atoms with E-state index in [4.69, 9.17) is 4.42 Å². The fourth-order valence-electron chi connectivity index (χ4n) is 2.55. The SMILES string of the molecule is CC1CC1c1ccc(C=CC(=O)Nc2ccccc2SC(=O)N(C)C)o1. The number of nitrogens with zero attached hydrogens (tertiary/aromatic N) is 1. The Labute approximate surface area is 157 Å². The molecule has 1 saturated carbocycles. The minimum absolute atomic E-state index is 0.0975. The number of carbonyl (C=O) groups is 2. The molecular weight excluding hydrogens is 348 g/mol. The van der Waals surface area contributed by atoms with Crippen LogP contribution in [0.1, 0.15) is 30.8 Å². The predicted molar refractivity (Wildman–Crippen MR) is 104 cm³/mol. The van der Waals surface area contributed by atoms with Crippen molar-refractivity contribution in [2.75, 3.05) is 19.4 Å². The summed E-state index contributed by atoms with van der Waals surface area (Å²) in [4.78, 5) is 26.3. The van der Waals surface area contributed by atoms with Crippen LogP contribution in [0, 0.1) is 5.92 Å². The van der Waals surface area contributed by atoms with Gasteiger partial charge < -0.3 is 14.6 Å². The number of anilines is 1. The molecule has 0 bridgehead atoms. The first-order valence-corrected chi connectivity index (χ1v) is 9.32. The van der Waals surface area contributed by atoms with Gasteiger partial charge >= 0.3 is 0 Å². The summed E-state index contributed by atoms with van der Waals surface area (Å²) >= 11 is 1.08. The number of furan rings is 1. The van der Waals surface area contributed by atoms with E-state index in [1.165, 1.54) is 11.0 Å². The summed E-state index contributed by atoms with van der Waals surface area (Å²) < 4.78 is 5.76. The first-order valence-electron chi connectivity index (χ1n) is 8.51. The van der Waals surface area contributed by atoms with E-state index in [-0.39, 0.29) is 11.1 Å². The molecule has 26 heavy (non-hydrogen) atoms. The molecule has 3 rings (SSSR count). The van der Waals surface area contributed by atoms with Gasteiger partial charge in [-0.3, -0.25) is 9.59 Å². The quantitative estimate of drug-likeness (QED) is 0.605. The van der Waals surface area contributed by atoms with Crippen molar-refractivity contribution in [3.63, 3.8) is 0 Å². The maximum atomic E-state index is 12.2. The molecule has 0 saturated heterocycles. The molecule has 1 aliphatic rings. The standard InChI is InChI=1S/C20H22N2O3S/c1-13-12-15(13)17-10-8-14(25-17)9-11-19(23)21-16-6-4-5-7-18(16)26-20(24)22(2)3/h4-11,13,15H,12H2,1-3H3,(H,21,23). The molecule has 2 aromatic rings. The Morgan fingerprint density at radius 3 is 2.65 bits per heavy atom. The van der Waals surface area contributed by atoms with Gasteiger partial charge in [0, 0.05) is 31.0 Å². The second kappa shape index (κ2) is 7.83. The molecule has 2 amide bonds. The van der Waals surface area contributed by atoms with Gasteiger partial charge in [-0.1, -0.05) is 19.1 Å². The molecular formula is C20H22N2O3S. The van der Waals surface area contributed by atoms with Crippen molar-refractivity contribution >= 4 is 34.7 Å². The fourth-order valence-corrected chi connectivity index (χ4v) is 3.30. The number of amides is 2. The van der Waals surface area contributed by atoms with E-state index < -0.39 is 0 Å². The summed E-state index contributed by atoms with van der Waals surface area (Å²) in [5.74, 6) is 2.58. The van der Waals surface area contributed by atoms with Crippen molar-refractivity contribution in [2.45, 2.75) is 24.2 Å². The zero-order valence-corrected chi connectivity index (χ0v) is 15.9. The van der Waals surface area contributed by atoms with Crippen molar-refractivity contribution in [3.8, 4) is 0 Å². The highest BCUT2D eigenvalue weighted by atomic mass is 32.2. The third-order valence-corrected chi connectivity index (χ3v) is 5.34. The van der Waals surface area contributed by atoms with Crippen molar-refractivity contribution in [2.24, 2.45) is 5.92 Å². The van der Waals surface area contributed by atoms with Gasteiger partial charge in [0.05, 0.1) is 5.69 Å². The van der Waals surface area contributed by atoms with Crippen LogP contribution in [0.2, 0.25) is 0 Å². The Bertz CT molecular complexity index is 841. The van der Waals surface area contributed by atoms with Crippen LogP contribution in [0.4, 0.5) is 10.5 Å². The third kappa shape index (κ3) is 4.58. The molecule has 2 unspecified atom stereocenters. The van der Waals surface area contributed by atoms with Gasteiger partial charge in [-0.05, 0) is 54.4 Å². The van der Waals surface area contributed by atoms with Crippen molar-refractivity contribution < 1.29 is 14.0 Å². The average Bonchev–Trinajstić information content (AvgIpc) is 3.15. The Hall–Kier alpha value is -2.47. The van der Waals surface area contributed by atoms with E-state index in [9.17, 15) is 9.59 Å². The number of benzene rings is 1. The third-order valence-electron chi connectivity index (χ3n) is 4.23. The highest BCUT2D eigenvalue weighted by Crippen LogP contribution is 2.47. The number of carbonyl (C=O) groups excluding carboxylic acids is 2. The highest BCUT2D eigenvalue weighted by Gasteiger charge is 2.36. The van der Waals surface area contributed by atoms with E-state index in [2.05, 4.69) is 12.2 Å². The summed E-state index contributed by atoms with van der Waals surface area (Å²) in [6, 6.07) is 11.1. The second-order valence-electron chi connectivity index (χ2n) is 6.64. The lowest BCUT2D eigenvalue weighted by molar-refractivity contribution is -0.111. The molecule has 136 valence electrons. The van der Waals surface area contributed by atoms with E-state index >= 15 is 0 Å². The van der Waals surface area contributed by atoms with Crippen molar-refractivity contribution in [1.29, 1.82) is 0 Å². The first-order chi connectivity index (χ1) is 12.4. The molecule has 0 radical (unpaired) electrons. The molecule has 1 heterocycles. The van der Waals surface area contributed by atoms with E-state index in [0.717, 1.165) is 23.9 Å². The summed E-state index contributed by atoms with van der Waals surface area (Å²) in [6.45, 7) is 2.20. The second-order valence-corrected chi connectivity index (χ2v) is 7.63. The number of hydrogen-bond acceptors (Lipinski definition) is 4. The molecule has 1 aliphatic carbocycles. The Kier molecular flexibility index (Phi) is 5.52. The van der Waals surface area contributed by atoms with E-state index in [1.807, 2.05) is 24.3 Å². The van der Waals surface area contributed by atoms with Gasteiger partial charge in [-0.25, -0.2) is 0 Å². The smallest absolute Gasteiger partial charge is 0.286 e. The van der Waals surface area contributed by atoms with E-state index in [0.29, 0.717) is 28.2 Å². The van der Waals surface area contributed by atoms with Gasteiger partial charge in [0.1, 0.15) is 11.5 Å². The topological polar surface area (TPSA) is 62.6 Å². The van der Waals surface area contributed by atoms with Gasteiger partial charge in [0.15, 0.2) is 0 Å². The number of rotatable bonds is 5. The zero-order chi connectivity index (χ0) is 18.7. The summed E-state index contributed by atoms with van der Waals surface area (Å²) in [5.41, 5.74) is 0.606. The lowest BCUT2D eigenvalue weighted by Crippen LogP contribution is -2.16. The molecule has 1 aromatic carbocycles. The summed E-state index contributed by atoms with van der Waals surface area (Å²) in [5, 5.41) is 2.72. The van der Waals surface area contributed by atoms with Crippen LogP contribution in [0.5, 0.6) is 0 Å². The minimum atomic E-state index is -0.270. The number of thioether (sulfide) groups is 1. The van der Waals surface area contributed by atoms with Crippen LogP contribution in [0.15, 0.2) is 51.8 Å². The Morgan fingerprint density at radius 1 is 1.23 bits per heavy atom. The minimum Gasteiger partial charge on any atom is -0.461 e. The predicted octanol–water partition coefficient (Wildman–Crippen LogP) is 4.83. The maximum Gasteiger partial charge on any atom is 0.286 e. The number of para-hydroxylation sites is 1. The van der Waals surface area contributed by atoms with Gasteiger partial charge in [0.25, 0.3) is 5.24 Å². The summed E-state index contributed by atoms with van der Waals surface area (Å²) in [7, 11) is 3.39. The lowest BCUT2D eigenvalue weighted by Gasteiger charge is -2.12. The van der Waals surface area contributed by atoms with Crippen LogP contribution < -0.4 is 5.32 Å². The van der Waals surface area contributed by atoms with Crippen LogP contribution in [-0.4, -0.2) is 30.1 Å². The molecule has 1 aromatic heterocycles. The van der Waals surface area contributed by atoms with Gasteiger partial charge in [-0.2, -0.15) is 0 Å². The van der Waals surface area contributed by atoms with Crippen LogP contribution in [0.3, 0.4) is 0 Å². The summed E-state index contributed by atoms with van der Waals surface area (Å²) in [6.07, 6.45) is 4.26. The molecule has 1 N–H and O–H groups in total. The maximum absolute atomic E-state index is 12.2. The van der Waals surface area contributed by atoms with E-state index in [1.54, 1.807) is 32.3 Å². The normalized spacial score (nSPS) is 18.7. The van der Waals surface area contributed by atoms with Gasteiger partial charge in [0.2, 0.25) is 5.91 Å². The fraction of sp³-hybridized carbons (Fsp3) is 0.300. The first kappa shape index (κ1) is 18.3. The molecule has 1 fully saturated rings. The zero-order valence-electron chi connectivity index (χ0n) is 15.1. The highest BCUT2D eigenvalue weighted by molar-refractivity contribution is 8.13. The molecule has 0 aliphatic heterocycles. The monoisotopic (exact) mass is 370 g/mol.